The van der Waals surface area contributed by atoms with Crippen molar-refractivity contribution in [3.63, 3.8) is 0 Å². The third-order valence-electron chi connectivity index (χ3n) is 7.11. The molecular formula is C28H35FN6O2S. The Morgan fingerprint density at radius 1 is 1.26 bits per heavy atom. The highest BCUT2D eigenvalue weighted by atomic mass is 32.1. The number of urea groups is 1. The number of nitrogens with one attached hydrogen (secondary N) is 2. The predicted octanol–water partition coefficient (Wildman–Crippen LogP) is 5.00. The van der Waals surface area contributed by atoms with Gasteiger partial charge in [0.25, 0.3) is 5.91 Å². The predicted molar refractivity (Wildman–Crippen MR) is 148 cm³/mol. The summed E-state index contributed by atoms with van der Waals surface area (Å²) in [6.45, 7) is 8.38. The van der Waals surface area contributed by atoms with Crippen molar-refractivity contribution in [2.75, 3.05) is 25.0 Å². The third kappa shape index (κ3) is 7.14. The van der Waals surface area contributed by atoms with Gasteiger partial charge >= 0.3 is 6.03 Å². The largest absolute Gasteiger partial charge is 0.352 e. The van der Waals surface area contributed by atoms with Crippen LogP contribution in [0.25, 0.3) is 0 Å². The van der Waals surface area contributed by atoms with Crippen molar-refractivity contribution in [2.24, 2.45) is 0 Å². The van der Waals surface area contributed by atoms with E-state index in [1.807, 2.05) is 16.3 Å². The van der Waals surface area contributed by atoms with Crippen molar-refractivity contribution in [1.29, 1.82) is 0 Å². The van der Waals surface area contributed by atoms with Crippen LogP contribution in [0, 0.1) is 19.8 Å². The Bertz CT molecular complexity index is 1190. The van der Waals surface area contributed by atoms with E-state index in [9.17, 15) is 14.0 Å². The fraction of sp³-hybridized carbons (Fsp3) is 0.429. The summed E-state index contributed by atoms with van der Waals surface area (Å²) in [5.41, 5.74) is 3.24. The Labute approximate surface area is 227 Å². The van der Waals surface area contributed by atoms with Crippen LogP contribution in [0.2, 0.25) is 0 Å². The van der Waals surface area contributed by atoms with Gasteiger partial charge in [-0.3, -0.25) is 9.78 Å². The fourth-order valence-corrected chi connectivity index (χ4v) is 5.67. The average molecular weight is 539 g/mol. The number of rotatable bonds is 9. The van der Waals surface area contributed by atoms with E-state index in [1.54, 1.807) is 43.6 Å². The SMILES string of the molecule is Cc1cc(F)nc(C)c1C(=O)NCC[C@@H](C)N1CCC(N(Cc2ccsc2)C(=O)Nc2cccnc2)CC1. The molecule has 38 heavy (non-hydrogen) atoms. The molecule has 1 fully saturated rings. The second-order valence-corrected chi connectivity index (χ2v) is 10.6. The van der Waals surface area contributed by atoms with Gasteiger partial charge in [0.2, 0.25) is 5.95 Å². The monoisotopic (exact) mass is 538 g/mol. The van der Waals surface area contributed by atoms with Crippen LogP contribution in [0.3, 0.4) is 0 Å². The highest BCUT2D eigenvalue weighted by Crippen LogP contribution is 2.23. The van der Waals surface area contributed by atoms with Gasteiger partial charge in [0.1, 0.15) is 0 Å². The lowest BCUT2D eigenvalue weighted by Gasteiger charge is -2.40. The zero-order valence-electron chi connectivity index (χ0n) is 22.1. The Balaban J connectivity index is 1.29. The Morgan fingerprint density at radius 2 is 2.05 bits per heavy atom. The van der Waals surface area contributed by atoms with Crippen LogP contribution >= 0.6 is 11.3 Å². The summed E-state index contributed by atoms with van der Waals surface area (Å²) in [4.78, 5) is 38.2. The lowest BCUT2D eigenvalue weighted by molar-refractivity contribution is 0.0918. The lowest BCUT2D eigenvalue weighted by atomic mass is 10.0. The molecule has 0 aromatic carbocycles. The van der Waals surface area contributed by atoms with Crippen molar-refractivity contribution in [1.82, 2.24) is 25.1 Å². The van der Waals surface area contributed by atoms with E-state index >= 15 is 0 Å². The zero-order chi connectivity index (χ0) is 27.1. The van der Waals surface area contributed by atoms with Gasteiger partial charge in [-0.1, -0.05) is 0 Å². The van der Waals surface area contributed by atoms with Crippen molar-refractivity contribution < 1.29 is 14.0 Å². The summed E-state index contributed by atoms with van der Waals surface area (Å²) in [7, 11) is 0. The maximum absolute atomic E-state index is 13.5. The Morgan fingerprint density at radius 3 is 2.71 bits per heavy atom. The van der Waals surface area contributed by atoms with E-state index in [0.717, 1.165) is 37.9 Å². The van der Waals surface area contributed by atoms with Crippen LogP contribution in [0.15, 0.2) is 47.4 Å². The minimum Gasteiger partial charge on any atom is -0.352 e. The van der Waals surface area contributed by atoms with Crippen LogP contribution in [-0.2, 0) is 6.54 Å². The molecule has 0 unspecified atom stereocenters. The Hall–Kier alpha value is -3.37. The van der Waals surface area contributed by atoms with Gasteiger partial charge in [-0.15, -0.1) is 0 Å². The summed E-state index contributed by atoms with van der Waals surface area (Å²) in [5.74, 6) is -0.792. The molecular weight excluding hydrogens is 503 g/mol. The summed E-state index contributed by atoms with van der Waals surface area (Å²) >= 11 is 1.63. The number of hydrogen-bond donors (Lipinski definition) is 2. The molecule has 2 N–H and O–H groups in total. The molecule has 0 aliphatic carbocycles. The number of halogens is 1. The molecule has 4 rings (SSSR count). The van der Waals surface area contributed by atoms with Crippen molar-refractivity contribution in [2.45, 2.75) is 58.7 Å². The van der Waals surface area contributed by atoms with E-state index in [4.69, 9.17) is 0 Å². The number of hydrogen-bond acceptors (Lipinski definition) is 6. The zero-order valence-corrected chi connectivity index (χ0v) is 22.9. The highest BCUT2D eigenvalue weighted by Gasteiger charge is 2.30. The molecule has 0 bridgehead atoms. The standard InChI is InChI=1S/C28H35FN6O2S/c1-19-15-25(29)32-21(3)26(19)27(36)31-11-6-20(2)34-12-7-24(8-13-34)35(17-22-9-14-38-18-22)28(37)33-23-5-4-10-30-16-23/h4-5,9-10,14-16,18,20,24H,6-8,11-13,17H2,1-3H3,(H,31,36)(H,33,37)/t20-/m1/s1. The maximum Gasteiger partial charge on any atom is 0.322 e. The van der Waals surface area contributed by atoms with Crippen LogP contribution < -0.4 is 10.6 Å². The van der Waals surface area contributed by atoms with E-state index < -0.39 is 5.95 Å². The van der Waals surface area contributed by atoms with Crippen molar-refractivity contribution in [3.05, 3.63) is 75.8 Å². The molecule has 3 aromatic rings. The molecule has 3 amide bonds. The number of carbonyl (C=O) groups is 2. The second kappa shape index (κ2) is 12.9. The van der Waals surface area contributed by atoms with Gasteiger partial charge in [0, 0.05) is 44.5 Å². The first-order chi connectivity index (χ1) is 18.3. The second-order valence-electron chi connectivity index (χ2n) is 9.81. The molecule has 1 aliphatic heterocycles. The molecule has 202 valence electrons. The first kappa shape index (κ1) is 27.7. The normalized spacial score (nSPS) is 15.2. The molecule has 1 saturated heterocycles. The summed E-state index contributed by atoms with van der Waals surface area (Å²) in [6.07, 6.45) is 5.88. The van der Waals surface area contributed by atoms with Crippen LogP contribution in [0.1, 0.15) is 53.4 Å². The first-order valence-electron chi connectivity index (χ1n) is 13.0. The topological polar surface area (TPSA) is 90.5 Å². The maximum atomic E-state index is 13.5. The number of carbonyl (C=O) groups excluding carboxylic acids is 2. The molecule has 0 radical (unpaired) electrons. The molecule has 0 spiro atoms. The number of likely N-dealkylation sites (tertiary alicyclic amines) is 1. The number of aryl methyl sites for hydroxylation is 2. The molecule has 1 aliphatic rings. The van der Waals surface area contributed by atoms with E-state index in [0.29, 0.717) is 35.6 Å². The first-order valence-corrected chi connectivity index (χ1v) is 13.9. The van der Waals surface area contributed by atoms with Gasteiger partial charge in [0.05, 0.1) is 23.1 Å². The number of thiophene rings is 1. The van der Waals surface area contributed by atoms with Crippen molar-refractivity contribution >= 4 is 29.0 Å². The molecule has 0 saturated carbocycles. The summed E-state index contributed by atoms with van der Waals surface area (Å²) in [5, 5.41) is 10.1. The van der Waals surface area contributed by atoms with E-state index in [1.165, 1.54) is 6.07 Å². The number of aromatic nitrogens is 2. The van der Waals surface area contributed by atoms with Gasteiger partial charge < -0.3 is 20.4 Å². The minimum absolute atomic E-state index is 0.112. The number of anilines is 1. The number of pyridine rings is 2. The van der Waals surface area contributed by atoms with Gasteiger partial charge in [-0.2, -0.15) is 15.7 Å². The third-order valence-corrected chi connectivity index (χ3v) is 7.84. The van der Waals surface area contributed by atoms with Crippen molar-refractivity contribution in [3.8, 4) is 0 Å². The van der Waals surface area contributed by atoms with Gasteiger partial charge in [-0.25, -0.2) is 9.78 Å². The molecule has 4 heterocycles. The smallest absolute Gasteiger partial charge is 0.322 e. The quantitative estimate of drug-likeness (QED) is 0.374. The average Bonchev–Trinajstić information content (AvgIpc) is 3.41. The molecule has 1 atom stereocenters. The number of amides is 3. The summed E-state index contributed by atoms with van der Waals surface area (Å²) < 4.78 is 13.5. The van der Waals surface area contributed by atoms with E-state index in [-0.39, 0.29) is 24.0 Å². The van der Waals surface area contributed by atoms with Crippen LogP contribution in [0.4, 0.5) is 14.9 Å². The summed E-state index contributed by atoms with van der Waals surface area (Å²) in [6, 6.07) is 7.29. The molecule has 8 nitrogen and oxygen atoms in total. The fourth-order valence-electron chi connectivity index (χ4n) is 5.01. The Kier molecular flexibility index (Phi) is 9.41. The minimum atomic E-state index is -0.572. The van der Waals surface area contributed by atoms with Crippen LogP contribution in [-0.4, -0.2) is 63.4 Å². The number of nitrogens with zero attached hydrogens (tertiary/aromatic N) is 4. The highest BCUT2D eigenvalue weighted by molar-refractivity contribution is 7.07. The number of piperidine rings is 1. The van der Waals surface area contributed by atoms with Gasteiger partial charge in [0.15, 0.2) is 0 Å². The molecule has 10 heteroatoms. The molecule has 3 aromatic heterocycles. The van der Waals surface area contributed by atoms with Crippen LogP contribution in [0.5, 0.6) is 0 Å². The lowest BCUT2D eigenvalue weighted by Crippen LogP contribution is -2.50. The van der Waals surface area contributed by atoms with Gasteiger partial charge in [-0.05, 0) is 86.2 Å². The van der Waals surface area contributed by atoms with E-state index in [2.05, 4.69) is 43.9 Å².